The molecule has 2 aromatic carbocycles. The van der Waals surface area contributed by atoms with Crippen molar-refractivity contribution >= 4 is 17.6 Å². The lowest BCUT2D eigenvalue weighted by Gasteiger charge is -2.27. The summed E-state index contributed by atoms with van der Waals surface area (Å²) in [5.74, 6) is 0.962. The molecule has 170 valence electrons. The number of guanidine groups is 1. The summed E-state index contributed by atoms with van der Waals surface area (Å²) in [6, 6.07) is 16.5. The van der Waals surface area contributed by atoms with Gasteiger partial charge in [0.2, 0.25) is 5.91 Å². The maximum absolute atomic E-state index is 12.1. The van der Waals surface area contributed by atoms with Crippen LogP contribution in [0.25, 0.3) is 0 Å². The fourth-order valence-electron chi connectivity index (χ4n) is 4.28. The van der Waals surface area contributed by atoms with Gasteiger partial charge < -0.3 is 20.7 Å². The smallest absolute Gasteiger partial charge is 0.225 e. The second-order valence-corrected chi connectivity index (χ2v) is 8.27. The van der Waals surface area contributed by atoms with Gasteiger partial charge in [-0.25, -0.2) is 4.99 Å². The molecule has 7 heteroatoms. The monoisotopic (exact) mass is 435 g/mol. The maximum Gasteiger partial charge on any atom is 0.225 e. The van der Waals surface area contributed by atoms with E-state index >= 15 is 0 Å². The zero-order valence-corrected chi connectivity index (χ0v) is 18.8. The van der Waals surface area contributed by atoms with Crippen LogP contribution in [-0.2, 0) is 22.6 Å². The molecule has 4 rings (SSSR count). The van der Waals surface area contributed by atoms with Crippen molar-refractivity contribution in [3.63, 3.8) is 0 Å². The molecule has 0 bridgehead atoms. The van der Waals surface area contributed by atoms with Crippen molar-refractivity contribution in [1.82, 2.24) is 15.5 Å². The third-order valence-electron chi connectivity index (χ3n) is 5.99. The Balaban J connectivity index is 1.41. The fraction of sp³-hybridized carbons (Fsp3) is 0.440. The highest BCUT2D eigenvalue weighted by atomic mass is 16.5. The summed E-state index contributed by atoms with van der Waals surface area (Å²) >= 11 is 0. The van der Waals surface area contributed by atoms with Crippen LogP contribution in [0.2, 0.25) is 0 Å². The van der Waals surface area contributed by atoms with Gasteiger partial charge in [0, 0.05) is 50.7 Å². The molecule has 1 saturated heterocycles. The number of para-hydroxylation sites is 1. The Hall–Kier alpha value is -2.90. The Morgan fingerprint density at radius 3 is 2.66 bits per heavy atom. The number of ether oxygens (including phenoxy) is 1. The van der Waals surface area contributed by atoms with Crippen molar-refractivity contribution < 1.29 is 9.53 Å². The molecule has 3 N–H and O–H groups in total. The van der Waals surface area contributed by atoms with Crippen LogP contribution in [0.15, 0.2) is 53.5 Å². The van der Waals surface area contributed by atoms with Gasteiger partial charge in [0.1, 0.15) is 0 Å². The summed E-state index contributed by atoms with van der Waals surface area (Å²) < 4.78 is 5.47. The molecule has 1 amide bonds. The van der Waals surface area contributed by atoms with Crippen LogP contribution in [0.3, 0.4) is 0 Å². The first kappa shape index (κ1) is 22.3. The Kier molecular flexibility index (Phi) is 7.74. The highest BCUT2D eigenvalue weighted by molar-refractivity contribution is 5.94. The van der Waals surface area contributed by atoms with Crippen molar-refractivity contribution in [3.8, 4) is 0 Å². The van der Waals surface area contributed by atoms with Gasteiger partial charge in [-0.1, -0.05) is 42.5 Å². The average Bonchev–Trinajstić information content (AvgIpc) is 2.82. The molecule has 0 spiro atoms. The zero-order valence-electron chi connectivity index (χ0n) is 18.8. The number of fused-ring (bicyclic) bond motifs is 1. The van der Waals surface area contributed by atoms with Gasteiger partial charge in [-0.05, 0) is 29.7 Å². The molecule has 1 atom stereocenters. The summed E-state index contributed by atoms with van der Waals surface area (Å²) in [5, 5.41) is 9.76. The van der Waals surface area contributed by atoms with E-state index in [1.54, 1.807) is 0 Å². The van der Waals surface area contributed by atoms with E-state index in [0.717, 1.165) is 51.0 Å². The maximum atomic E-state index is 12.1. The standard InChI is InChI=1S/C25H33N5O2/c1-2-26-25(28-17-21-15-24(31)29-23-10-6-5-9-22(21)23)27-16-19-7-3-4-8-20(19)18-30-11-13-32-14-12-30/h3-10,21H,2,11-18H2,1H3,(H,29,31)(H2,26,27,28). The van der Waals surface area contributed by atoms with E-state index in [2.05, 4.69) is 58.1 Å². The number of nitrogens with one attached hydrogen (secondary N) is 3. The van der Waals surface area contributed by atoms with Crippen molar-refractivity contribution in [2.24, 2.45) is 4.99 Å². The molecule has 32 heavy (non-hydrogen) atoms. The summed E-state index contributed by atoms with van der Waals surface area (Å²) in [4.78, 5) is 19.4. The van der Waals surface area contributed by atoms with Crippen LogP contribution in [0.1, 0.15) is 36.0 Å². The lowest BCUT2D eigenvalue weighted by atomic mass is 9.90. The van der Waals surface area contributed by atoms with Gasteiger partial charge in [0.05, 0.1) is 19.8 Å². The number of aliphatic imine (C=N–C) groups is 1. The molecular formula is C25H33N5O2. The van der Waals surface area contributed by atoms with Crippen molar-refractivity contribution in [2.75, 3.05) is 44.7 Å². The van der Waals surface area contributed by atoms with Gasteiger partial charge in [0.25, 0.3) is 0 Å². The third kappa shape index (κ3) is 5.87. The minimum absolute atomic E-state index is 0.0643. The van der Waals surface area contributed by atoms with E-state index in [9.17, 15) is 4.79 Å². The molecule has 7 nitrogen and oxygen atoms in total. The molecule has 2 aromatic rings. The number of hydrogen-bond acceptors (Lipinski definition) is 4. The summed E-state index contributed by atoms with van der Waals surface area (Å²) in [6.45, 7) is 8.58. The van der Waals surface area contributed by atoms with Gasteiger partial charge in [-0.3, -0.25) is 9.69 Å². The van der Waals surface area contributed by atoms with E-state index in [4.69, 9.17) is 9.73 Å². The first-order chi connectivity index (χ1) is 15.7. The quantitative estimate of drug-likeness (QED) is 0.460. The summed E-state index contributed by atoms with van der Waals surface area (Å²) in [5.41, 5.74) is 4.63. The highest BCUT2D eigenvalue weighted by Gasteiger charge is 2.24. The topological polar surface area (TPSA) is 78.0 Å². The molecule has 2 heterocycles. The minimum atomic E-state index is 0.0643. The largest absolute Gasteiger partial charge is 0.379 e. The molecule has 0 aliphatic carbocycles. The van der Waals surface area contributed by atoms with Crippen LogP contribution >= 0.6 is 0 Å². The summed E-state index contributed by atoms with van der Waals surface area (Å²) in [6.07, 6.45) is 0.478. The predicted octanol–water partition coefficient (Wildman–Crippen LogP) is 2.70. The number of morpholine rings is 1. The van der Waals surface area contributed by atoms with Crippen LogP contribution < -0.4 is 16.0 Å². The van der Waals surface area contributed by atoms with Gasteiger partial charge in [-0.2, -0.15) is 0 Å². The Morgan fingerprint density at radius 1 is 1.09 bits per heavy atom. The molecular weight excluding hydrogens is 402 g/mol. The molecule has 2 aliphatic heterocycles. The number of nitrogens with zero attached hydrogens (tertiary/aromatic N) is 2. The second-order valence-electron chi connectivity index (χ2n) is 8.27. The van der Waals surface area contributed by atoms with Crippen LogP contribution in [-0.4, -0.2) is 56.2 Å². The van der Waals surface area contributed by atoms with E-state index in [-0.39, 0.29) is 11.8 Å². The Bertz CT molecular complexity index is 939. The lowest BCUT2D eigenvalue weighted by molar-refractivity contribution is -0.116. The Morgan fingerprint density at radius 2 is 1.84 bits per heavy atom. The SMILES string of the molecule is CCNC(=NCc1ccccc1CN1CCOCC1)NCC1CC(=O)Nc2ccccc21. The summed E-state index contributed by atoms with van der Waals surface area (Å²) in [7, 11) is 0. The number of carbonyl (C=O) groups is 1. The van der Waals surface area contributed by atoms with Gasteiger partial charge in [0.15, 0.2) is 5.96 Å². The first-order valence-electron chi connectivity index (χ1n) is 11.5. The van der Waals surface area contributed by atoms with E-state index < -0.39 is 0 Å². The highest BCUT2D eigenvalue weighted by Crippen LogP contribution is 2.31. The minimum Gasteiger partial charge on any atom is -0.379 e. The van der Waals surface area contributed by atoms with Crippen molar-refractivity contribution in [1.29, 1.82) is 0 Å². The number of hydrogen-bond donors (Lipinski definition) is 3. The van der Waals surface area contributed by atoms with E-state index in [0.29, 0.717) is 19.5 Å². The number of rotatable bonds is 7. The second kappa shape index (κ2) is 11.1. The molecule has 0 saturated carbocycles. The molecule has 0 radical (unpaired) electrons. The van der Waals surface area contributed by atoms with Gasteiger partial charge >= 0.3 is 0 Å². The predicted molar refractivity (Wildman–Crippen MR) is 128 cm³/mol. The number of anilines is 1. The number of benzene rings is 2. The number of amides is 1. The lowest BCUT2D eigenvalue weighted by Crippen LogP contribution is -2.40. The van der Waals surface area contributed by atoms with Crippen LogP contribution in [0.5, 0.6) is 0 Å². The zero-order chi connectivity index (χ0) is 22.2. The van der Waals surface area contributed by atoms with Crippen LogP contribution in [0, 0.1) is 0 Å². The fourth-order valence-corrected chi connectivity index (χ4v) is 4.28. The molecule has 1 fully saturated rings. The van der Waals surface area contributed by atoms with E-state index in [1.807, 2.05) is 18.2 Å². The van der Waals surface area contributed by atoms with Crippen molar-refractivity contribution in [3.05, 3.63) is 65.2 Å². The Labute approximate surface area is 190 Å². The first-order valence-corrected chi connectivity index (χ1v) is 11.5. The van der Waals surface area contributed by atoms with Crippen molar-refractivity contribution in [2.45, 2.75) is 32.4 Å². The average molecular weight is 436 g/mol. The molecule has 0 aromatic heterocycles. The molecule has 2 aliphatic rings. The molecule has 1 unspecified atom stereocenters. The normalized spacial score (nSPS) is 19.2. The van der Waals surface area contributed by atoms with Crippen LogP contribution in [0.4, 0.5) is 5.69 Å². The third-order valence-corrected chi connectivity index (χ3v) is 5.99. The van der Waals surface area contributed by atoms with E-state index in [1.165, 1.54) is 16.7 Å². The van der Waals surface area contributed by atoms with Gasteiger partial charge in [-0.15, -0.1) is 0 Å². The number of carbonyl (C=O) groups excluding carboxylic acids is 1.